The topological polar surface area (TPSA) is 3.24 Å². The van der Waals surface area contributed by atoms with E-state index in [4.69, 9.17) is 0 Å². The minimum atomic E-state index is 1.33. The van der Waals surface area contributed by atoms with Gasteiger partial charge in [-0.1, -0.05) is 85.0 Å². The van der Waals surface area contributed by atoms with Crippen molar-refractivity contribution >= 4 is 0 Å². The second kappa shape index (κ2) is 17.0. The molecule has 0 rings (SSSR count). The van der Waals surface area contributed by atoms with Gasteiger partial charge in [0.05, 0.1) is 0 Å². The number of nitrogens with zero attached hydrogens (tertiary/aromatic N) is 1. The van der Waals surface area contributed by atoms with Crippen LogP contribution in [0, 0.1) is 0 Å². The van der Waals surface area contributed by atoms with Gasteiger partial charge in [-0.15, -0.1) is 0 Å². The Morgan fingerprint density at radius 2 is 0.750 bits per heavy atom. The summed E-state index contributed by atoms with van der Waals surface area (Å²) in [5, 5.41) is 0. The Labute approximate surface area is 129 Å². The van der Waals surface area contributed by atoms with Gasteiger partial charge >= 0.3 is 0 Å². The Morgan fingerprint density at radius 3 is 1.20 bits per heavy atom. The third kappa shape index (κ3) is 14.4. The van der Waals surface area contributed by atoms with E-state index in [-0.39, 0.29) is 0 Å². The highest BCUT2D eigenvalue weighted by Gasteiger charge is 2.03. The highest BCUT2D eigenvalue weighted by Crippen LogP contribution is 2.10. The first-order valence-corrected chi connectivity index (χ1v) is 9.57. The molecule has 1 heteroatoms. The molecule has 0 aromatic heterocycles. The SMILES string of the molecule is CCCCCCCCCCCN(CCCC)CCCC. The van der Waals surface area contributed by atoms with Gasteiger partial charge in [0.15, 0.2) is 0 Å². The number of rotatable bonds is 16. The fourth-order valence-corrected chi connectivity index (χ4v) is 2.74. The van der Waals surface area contributed by atoms with Gasteiger partial charge in [-0.2, -0.15) is 0 Å². The second-order valence-corrected chi connectivity index (χ2v) is 6.38. The minimum Gasteiger partial charge on any atom is -0.303 e. The van der Waals surface area contributed by atoms with Crippen molar-refractivity contribution in [1.29, 1.82) is 0 Å². The molecule has 0 saturated carbocycles. The van der Waals surface area contributed by atoms with Gasteiger partial charge in [0.25, 0.3) is 0 Å². The normalized spacial score (nSPS) is 11.4. The van der Waals surface area contributed by atoms with Crippen LogP contribution in [0.5, 0.6) is 0 Å². The third-order valence-electron chi connectivity index (χ3n) is 4.23. The minimum absolute atomic E-state index is 1.33. The van der Waals surface area contributed by atoms with Crippen molar-refractivity contribution in [3.05, 3.63) is 0 Å². The first-order valence-electron chi connectivity index (χ1n) is 9.57. The zero-order valence-corrected chi connectivity index (χ0v) is 14.8. The molecule has 0 unspecified atom stereocenters. The van der Waals surface area contributed by atoms with E-state index in [0.717, 1.165) is 0 Å². The van der Waals surface area contributed by atoms with E-state index in [9.17, 15) is 0 Å². The summed E-state index contributed by atoms with van der Waals surface area (Å²) < 4.78 is 0. The highest BCUT2D eigenvalue weighted by molar-refractivity contribution is 4.58. The zero-order valence-electron chi connectivity index (χ0n) is 14.8. The molecule has 0 spiro atoms. The molecule has 0 amide bonds. The fourth-order valence-electron chi connectivity index (χ4n) is 2.74. The molecular weight excluding hydrogens is 242 g/mol. The van der Waals surface area contributed by atoms with Gasteiger partial charge in [-0.05, 0) is 38.9 Å². The van der Waals surface area contributed by atoms with Crippen LogP contribution in [0.4, 0.5) is 0 Å². The van der Waals surface area contributed by atoms with Gasteiger partial charge in [0.2, 0.25) is 0 Å². The lowest BCUT2D eigenvalue weighted by Crippen LogP contribution is -2.27. The molecule has 0 bridgehead atoms. The Morgan fingerprint density at radius 1 is 0.400 bits per heavy atom. The first kappa shape index (κ1) is 20.0. The van der Waals surface area contributed by atoms with Crippen molar-refractivity contribution < 1.29 is 0 Å². The van der Waals surface area contributed by atoms with E-state index in [1.165, 1.54) is 103 Å². The van der Waals surface area contributed by atoms with Crippen molar-refractivity contribution in [1.82, 2.24) is 4.90 Å². The molecule has 0 fully saturated rings. The lowest BCUT2D eigenvalue weighted by Gasteiger charge is -2.21. The zero-order chi connectivity index (χ0) is 14.9. The van der Waals surface area contributed by atoms with Crippen molar-refractivity contribution in [2.45, 2.75) is 104 Å². The van der Waals surface area contributed by atoms with Crippen LogP contribution in [0.15, 0.2) is 0 Å². The highest BCUT2D eigenvalue weighted by atomic mass is 15.1. The Kier molecular flexibility index (Phi) is 17.0. The molecule has 0 aliphatic rings. The quantitative estimate of drug-likeness (QED) is 0.295. The van der Waals surface area contributed by atoms with Crippen molar-refractivity contribution in [3.63, 3.8) is 0 Å². The average Bonchev–Trinajstić information content (AvgIpc) is 2.47. The summed E-state index contributed by atoms with van der Waals surface area (Å²) in [6.07, 6.45) is 18.4. The molecule has 122 valence electrons. The smallest absolute Gasteiger partial charge is 0.00187 e. The summed E-state index contributed by atoms with van der Waals surface area (Å²) >= 11 is 0. The molecule has 0 aromatic rings. The molecule has 0 aromatic carbocycles. The maximum Gasteiger partial charge on any atom is -0.00187 e. The van der Waals surface area contributed by atoms with E-state index >= 15 is 0 Å². The second-order valence-electron chi connectivity index (χ2n) is 6.38. The molecule has 0 aliphatic carbocycles. The van der Waals surface area contributed by atoms with Crippen LogP contribution < -0.4 is 0 Å². The van der Waals surface area contributed by atoms with Gasteiger partial charge in [-0.25, -0.2) is 0 Å². The van der Waals surface area contributed by atoms with Crippen LogP contribution in [0.25, 0.3) is 0 Å². The number of hydrogen-bond donors (Lipinski definition) is 0. The fraction of sp³-hybridized carbons (Fsp3) is 1.00. The van der Waals surface area contributed by atoms with Gasteiger partial charge in [0.1, 0.15) is 0 Å². The summed E-state index contributed by atoms with van der Waals surface area (Å²) in [5.41, 5.74) is 0. The predicted molar refractivity (Wildman–Crippen MR) is 93.5 cm³/mol. The molecule has 20 heavy (non-hydrogen) atoms. The van der Waals surface area contributed by atoms with Crippen LogP contribution in [0.2, 0.25) is 0 Å². The van der Waals surface area contributed by atoms with E-state index < -0.39 is 0 Å². The monoisotopic (exact) mass is 283 g/mol. The Bertz CT molecular complexity index is 159. The van der Waals surface area contributed by atoms with Crippen molar-refractivity contribution in [2.24, 2.45) is 0 Å². The van der Waals surface area contributed by atoms with Crippen LogP contribution in [-0.2, 0) is 0 Å². The maximum atomic E-state index is 2.70. The summed E-state index contributed by atoms with van der Waals surface area (Å²) in [6, 6.07) is 0. The largest absolute Gasteiger partial charge is 0.303 e. The van der Waals surface area contributed by atoms with Crippen LogP contribution >= 0.6 is 0 Å². The summed E-state index contributed by atoms with van der Waals surface area (Å²) in [4.78, 5) is 2.70. The van der Waals surface area contributed by atoms with Gasteiger partial charge in [-0.3, -0.25) is 0 Å². The summed E-state index contributed by atoms with van der Waals surface area (Å²) in [7, 11) is 0. The predicted octanol–water partition coefficient (Wildman–Crippen LogP) is 6.42. The first-order chi connectivity index (χ1) is 9.85. The van der Waals surface area contributed by atoms with Gasteiger partial charge < -0.3 is 4.90 Å². The molecule has 0 N–H and O–H groups in total. The lowest BCUT2D eigenvalue weighted by atomic mass is 10.1. The Balaban J connectivity index is 3.38. The molecule has 1 nitrogen and oxygen atoms in total. The number of hydrogen-bond acceptors (Lipinski definition) is 1. The number of unbranched alkanes of at least 4 members (excludes halogenated alkanes) is 10. The standard InChI is InChI=1S/C19H41N/c1-4-7-10-11-12-13-14-15-16-19-20(17-8-5-2)18-9-6-3/h4-19H2,1-3H3. The Hall–Kier alpha value is -0.0400. The molecular formula is C19H41N. The maximum absolute atomic E-state index is 2.70. The molecule has 0 aliphatic heterocycles. The molecule has 0 atom stereocenters. The van der Waals surface area contributed by atoms with Crippen molar-refractivity contribution in [3.8, 4) is 0 Å². The average molecular weight is 284 g/mol. The van der Waals surface area contributed by atoms with Crippen LogP contribution in [-0.4, -0.2) is 24.5 Å². The molecule has 0 heterocycles. The van der Waals surface area contributed by atoms with E-state index in [0.29, 0.717) is 0 Å². The van der Waals surface area contributed by atoms with Crippen molar-refractivity contribution in [2.75, 3.05) is 19.6 Å². The summed E-state index contributed by atoms with van der Waals surface area (Å²) in [6.45, 7) is 10.9. The van der Waals surface area contributed by atoms with E-state index in [1.807, 2.05) is 0 Å². The van der Waals surface area contributed by atoms with E-state index in [1.54, 1.807) is 0 Å². The van der Waals surface area contributed by atoms with Crippen LogP contribution in [0.1, 0.15) is 104 Å². The van der Waals surface area contributed by atoms with E-state index in [2.05, 4.69) is 25.7 Å². The lowest BCUT2D eigenvalue weighted by molar-refractivity contribution is 0.259. The van der Waals surface area contributed by atoms with Gasteiger partial charge in [0, 0.05) is 0 Å². The third-order valence-corrected chi connectivity index (χ3v) is 4.23. The molecule has 0 saturated heterocycles. The summed E-state index contributed by atoms with van der Waals surface area (Å²) in [5.74, 6) is 0. The molecule has 0 radical (unpaired) electrons. The van der Waals surface area contributed by atoms with Crippen LogP contribution in [0.3, 0.4) is 0 Å².